The molecule has 0 saturated heterocycles. The number of fused-ring (bicyclic) bond motifs is 4. The van der Waals surface area contributed by atoms with Crippen molar-refractivity contribution in [2.45, 2.75) is 137 Å². The van der Waals surface area contributed by atoms with Gasteiger partial charge in [0.25, 0.3) is 0 Å². The molecule has 0 atom stereocenters. The van der Waals surface area contributed by atoms with E-state index in [-0.39, 0.29) is 0 Å². The van der Waals surface area contributed by atoms with Crippen molar-refractivity contribution in [3.05, 3.63) is 150 Å². The zero-order valence-electron chi connectivity index (χ0n) is 40.0. The molecule has 67 heavy (non-hydrogen) atoms. The fraction of sp³-hybridized carbons (Fsp3) is 0.356. The lowest BCUT2D eigenvalue weighted by atomic mass is 9.97. The lowest BCUT2D eigenvalue weighted by Crippen LogP contribution is -2.30. The predicted octanol–water partition coefficient (Wildman–Crippen LogP) is 19.3. The molecular formula is C59H65N3S5. The first-order valence-electron chi connectivity index (χ1n) is 25.1. The topological polar surface area (TPSA) is 29.0 Å². The van der Waals surface area contributed by atoms with Crippen LogP contribution < -0.4 is 10.6 Å². The maximum absolute atomic E-state index is 4.16. The third kappa shape index (κ3) is 10.0. The van der Waals surface area contributed by atoms with Crippen LogP contribution in [0.5, 0.6) is 0 Å². The zero-order chi connectivity index (χ0) is 45.9. The average Bonchev–Trinajstić information content (AvgIpc) is 4.21. The molecule has 7 heterocycles. The molecule has 2 aromatic carbocycles. The Morgan fingerprint density at radius 1 is 0.448 bits per heavy atom. The second-order valence-electron chi connectivity index (χ2n) is 18.9. The number of nitrogens with zero attached hydrogens (tertiary/aromatic N) is 1. The molecule has 0 fully saturated rings. The van der Waals surface area contributed by atoms with Gasteiger partial charge in [-0.1, -0.05) is 126 Å². The van der Waals surface area contributed by atoms with Crippen molar-refractivity contribution in [2.24, 2.45) is 0 Å². The smallest absolute Gasteiger partial charge is 0.0708 e. The van der Waals surface area contributed by atoms with Gasteiger partial charge < -0.3 is 15.2 Å². The standard InChI is InChI=1S/C59H65N3S5/c1-6-8-10-11-12-13-14-15-16-17-22-41-23-20-25-43(34-41)55-54(42-24-19-21-38(3)33-42)60-57-45(35-44(56(57)61-55)48-28-26-39(4)63-48)49-30-31-51(65-49)53-37-47-59(67-53)58-46(62(47)32-18-9-7-2)36-52(66-58)50-29-27-40(5)64-50/h19-21,23-31,33-34,36-37,60-61H,6-18,22,32,35H2,1-5H3. The molecule has 0 amide bonds. The van der Waals surface area contributed by atoms with Gasteiger partial charge in [-0.05, 0) is 117 Å². The van der Waals surface area contributed by atoms with Crippen molar-refractivity contribution in [1.29, 1.82) is 0 Å². The third-order valence-corrected chi connectivity index (χ3v) is 19.7. The molecule has 8 aromatic rings. The van der Waals surface area contributed by atoms with Crippen molar-refractivity contribution in [3.63, 3.8) is 0 Å². The molecule has 1 aliphatic heterocycles. The minimum Gasteiger partial charge on any atom is -0.351 e. The molecule has 2 N–H and O–H groups in total. The van der Waals surface area contributed by atoms with Crippen LogP contribution in [-0.4, -0.2) is 4.57 Å². The predicted molar refractivity (Wildman–Crippen MR) is 300 cm³/mol. The number of benzene rings is 2. The summed E-state index contributed by atoms with van der Waals surface area (Å²) in [4.78, 5) is 10.9. The van der Waals surface area contributed by atoms with Gasteiger partial charge in [-0.25, -0.2) is 0 Å². The van der Waals surface area contributed by atoms with Crippen LogP contribution in [0.25, 0.3) is 62.5 Å². The van der Waals surface area contributed by atoms with Crippen molar-refractivity contribution >= 4 is 99.7 Å². The number of nitrogens with one attached hydrogen (secondary N) is 2. The summed E-state index contributed by atoms with van der Waals surface area (Å²) in [5.74, 6) is 0. The molecule has 10 rings (SSSR count). The van der Waals surface area contributed by atoms with E-state index in [0.717, 1.165) is 30.8 Å². The lowest BCUT2D eigenvalue weighted by Gasteiger charge is -2.29. The normalized spacial score (nSPS) is 14.0. The first kappa shape index (κ1) is 46.3. The summed E-state index contributed by atoms with van der Waals surface area (Å²) in [5, 5.41) is 8.31. The molecule has 0 bridgehead atoms. The number of rotatable bonds is 21. The van der Waals surface area contributed by atoms with Crippen molar-refractivity contribution in [3.8, 4) is 19.5 Å². The van der Waals surface area contributed by atoms with E-state index in [0.29, 0.717) is 0 Å². The van der Waals surface area contributed by atoms with Crippen LogP contribution in [0, 0.1) is 20.8 Å². The number of thiophene rings is 5. The summed E-state index contributed by atoms with van der Waals surface area (Å²) in [7, 11) is 0. The fourth-order valence-electron chi connectivity index (χ4n) is 10.1. The minimum atomic E-state index is 0.882. The SMILES string of the molecule is CCCCCCCCCCCCc1cccc(C2=C(c3cccc(C)c3)NC3=C(c4ccc(-c5cc6c(s5)c5sc(-c7ccc(C)s7)cc5n6CCCCC)s4)CC(c4ccc(C)s4)=C3N2)c1. The highest BCUT2D eigenvalue weighted by atomic mass is 32.1. The summed E-state index contributed by atoms with van der Waals surface area (Å²) in [5.41, 5.74) is 15.5. The highest BCUT2D eigenvalue weighted by molar-refractivity contribution is 7.32. The van der Waals surface area contributed by atoms with Gasteiger partial charge in [-0.3, -0.25) is 0 Å². The molecular weight excluding hydrogens is 911 g/mol. The van der Waals surface area contributed by atoms with Crippen LogP contribution in [-0.2, 0) is 13.0 Å². The molecule has 2 aliphatic rings. The van der Waals surface area contributed by atoms with E-state index < -0.39 is 0 Å². The molecule has 346 valence electrons. The van der Waals surface area contributed by atoms with Crippen LogP contribution in [0.1, 0.15) is 146 Å². The molecule has 0 spiro atoms. The van der Waals surface area contributed by atoms with Crippen LogP contribution in [0.15, 0.2) is 108 Å². The number of unbranched alkanes of at least 4 members (excludes halogenated alkanes) is 11. The zero-order valence-corrected chi connectivity index (χ0v) is 44.1. The van der Waals surface area contributed by atoms with Crippen LogP contribution in [0.3, 0.4) is 0 Å². The van der Waals surface area contributed by atoms with Gasteiger partial charge >= 0.3 is 0 Å². The van der Waals surface area contributed by atoms with E-state index >= 15 is 0 Å². The van der Waals surface area contributed by atoms with E-state index in [2.05, 4.69) is 147 Å². The van der Waals surface area contributed by atoms with Gasteiger partial charge in [0.1, 0.15) is 0 Å². The molecule has 0 radical (unpaired) electrons. The molecule has 1 aliphatic carbocycles. The number of hydrogen-bond acceptors (Lipinski definition) is 7. The molecule has 6 aromatic heterocycles. The summed E-state index contributed by atoms with van der Waals surface area (Å²) >= 11 is 9.74. The fourth-order valence-corrected chi connectivity index (χ4v) is 15.5. The number of aromatic nitrogens is 1. The Balaban J connectivity index is 0.975. The Labute approximate surface area is 419 Å². The van der Waals surface area contributed by atoms with Crippen molar-refractivity contribution < 1.29 is 0 Å². The molecule has 0 unspecified atom stereocenters. The van der Waals surface area contributed by atoms with Gasteiger partial charge in [0, 0.05) is 63.1 Å². The van der Waals surface area contributed by atoms with Crippen LogP contribution >= 0.6 is 56.7 Å². The Bertz CT molecular complexity index is 3110. The quantitative estimate of drug-likeness (QED) is 0.0703. The van der Waals surface area contributed by atoms with Crippen LogP contribution in [0.2, 0.25) is 0 Å². The van der Waals surface area contributed by atoms with E-state index in [4.69, 9.17) is 0 Å². The minimum absolute atomic E-state index is 0.882. The van der Waals surface area contributed by atoms with Crippen molar-refractivity contribution in [1.82, 2.24) is 15.2 Å². The third-order valence-electron chi connectivity index (χ3n) is 13.7. The summed E-state index contributed by atoms with van der Waals surface area (Å²) in [6.07, 6.45) is 19.3. The van der Waals surface area contributed by atoms with Gasteiger partial charge in [0.05, 0.1) is 43.2 Å². The van der Waals surface area contributed by atoms with E-state index in [1.807, 2.05) is 56.7 Å². The van der Waals surface area contributed by atoms with E-state index in [9.17, 15) is 0 Å². The highest BCUT2D eigenvalue weighted by Gasteiger charge is 2.34. The number of aryl methyl sites for hydroxylation is 5. The summed E-state index contributed by atoms with van der Waals surface area (Å²) in [6, 6.07) is 37.3. The second kappa shape index (κ2) is 21.1. The molecule has 3 nitrogen and oxygen atoms in total. The van der Waals surface area contributed by atoms with Gasteiger partial charge in [-0.2, -0.15) is 0 Å². The second-order valence-corrected chi connectivity index (χ2v) is 24.6. The first-order chi connectivity index (χ1) is 32.8. The Kier molecular flexibility index (Phi) is 14.5. The molecule has 0 saturated carbocycles. The maximum atomic E-state index is 4.16. The number of hydrogen-bond donors (Lipinski definition) is 2. The van der Waals surface area contributed by atoms with Gasteiger partial charge in [0.15, 0.2) is 0 Å². The van der Waals surface area contributed by atoms with Gasteiger partial charge in [-0.15, -0.1) is 56.7 Å². The van der Waals surface area contributed by atoms with E-state index in [1.165, 1.54) is 188 Å². The highest BCUT2D eigenvalue weighted by Crippen LogP contribution is 2.51. The van der Waals surface area contributed by atoms with Crippen LogP contribution in [0.4, 0.5) is 0 Å². The Morgan fingerprint density at radius 2 is 0.955 bits per heavy atom. The average molecular weight is 977 g/mol. The Hall–Kier alpha value is -4.44. The monoisotopic (exact) mass is 975 g/mol. The lowest BCUT2D eigenvalue weighted by molar-refractivity contribution is 0.556. The number of allylic oxidation sites excluding steroid dienone is 2. The summed E-state index contributed by atoms with van der Waals surface area (Å²) in [6.45, 7) is 12.3. The van der Waals surface area contributed by atoms with Gasteiger partial charge in [0.2, 0.25) is 0 Å². The first-order valence-corrected chi connectivity index (χ1v) is 29.1. The Morgan fingerprint density at radius 3 is 1.55 bits per heavy atom. The van der Waals surface area contributed by atoms with Crippen molar-refractivity contribution in [2.75, 3.05) is 0 Å². The largest absolute Gasteiger partial charge is 0.351 e. The summed E-state index contributed by atoms with van der Waals surface area (Å²) < 4.78 is 5.51. The van der Waals surface area contributed by atoms with E-state index in [1.54, 1.807) is 0 Å². The maximum Gasteiger partial charge on any atom is 0.0708 e. The molecule has 8 heteroatoms.